The Labute approximate surface area is 98.6 Å². The Kier molecular flexibility index (Phi) is 3.18. The first kappa shape index (κ1) is 12.1. The smallest absolute Gasteiger partial charge is 0.289 e. The van der Waals surface area contributed by atoms with Crippen molar-refractivity contribution in [2.24, 2.45) is 5.14 Å². The first-order valence-electron chi connectivity index (χ1n) is 5.11. The van der Waals surface area contributed by atoms with Crippen molar-refractivity contribution >= 4 is 15.9 Å². The number of hydrogen-bond donors (Lipinski definition) is 2. The molecule has 3 N–H and O–H groups in total. The number of primary sulfonamides is 1. The molecule has 1 fully saturated rings. The Bertz CT molecular complexity index is 516. The summed E-state index contributed by atoms with van der Waals surface area (Å²) >= 11 is 0. The van der Waals surface area contributed by atoms with Crippen molar-refractivity contribution in [2.75, 3.05) is 26.2 Å². The fourth-order valence-corrected chi connectivity index (χ4v) is 2.08. The van der Waals surface area contributed by atoms with Crippen molar-refractivity contribution in [3.05, 3.63) is 17.9 Å². The summed E-state index contributed by atoms with van der Waals surface area (Å²) in [6.07, 6.45) is 0. The lowest BCUT2D eigenvalue weighted by molar-refractivity contribution is 0.0698. The fourth-order valence-electron chi connectivity index (χ4n) is 1.61. The van der Waals surface area contributed by atoms with E-state index in [0.717, 1.165) is 0 Å². The Morgan fingerprint density at radius 2 is 2.00 bits per heavy atom. The number of nitrogens with zero attached hydrogens (tertiary/aromatic N) is 1. The normalized spacial score (nSPS) is 17.1. The molecule has 0 spiro atoms. The number of amides is 1. The zero-order valence-electron chi connectivity index (χ0n) is 9.05. The predicted molar refractivity (Wildman–Crippen MR) is 58.9 cm³/mol. The number of carbonyl (C=O) groups excluding carboxylic acids is 1. The van der Waals surface area contributed by atoms with Crippen LogP contribution in [0.1, 0.15) is 10.6 Å². The molecule has 2 heterocycles. The highest BCUT2D eigenvalue weighted by atomic mass is 32.2. The van der Waals surface area contributed by atoms with E-state index in [1.807, 2.05) is 0 Å². The van der Waals surface area contributed by atoms with E-state index in [1.165, 1.54) is 12.1 Å². The number of carbonyl (C=O) groups is 1. The van der Waals surface area contributed by atoms with E-state index >= 15 is 0 Å². The molecule has 0 atom stereocenters. The second-order valence-corrected chi connectivity index (χ2v) is 5.20. The summed E-state index contributed by atoms with van der Waals surface area (Å²) in [5.41, 5.74) is 0. The highest BCUT2D eigenvalue weighted by molar-refractivity contribution is 7.89. The Morgan fingerprint density at radius 1 is 1.35 bits per heavy atom. The van der Waals surface area contributed by atoms with E-state index in [2.05, 4.69) is 5.32 Å². The van der Waals surface area contributed by atoms with E-state index in [9.17, 15) is 13.2 Å². The van der Waals surface area contributed by atoms with Gasteiger partial charge in [-0.2, -0.15) is 0 Å². The molecular weight excluding hydrogens is 246 g/mol. The molecule has 0 radical (unpaired) electrons. The molecule has 1 aromatic heterocycles. The van der Waals surface area contributed by atoms with Gasteiger partial charge in [-0.05, 0) is 12.1 Å². The van der Waals surface area contributed by atoms with Crippen LogP contribution in [0, 0.1) is 0 Å². The molecule has 2 rings (SSSR count). The van der Waals surface area contributed by atoms with Crippen LogP contribution in [-0.4, -0.2) is 45.4 Å². The third-order valence-corrected chi connectivity index (χ3v) is 3.26. The first-order valence-corrected chi connectivity index (χ1v) is 6.66. The summed E-state index contributed by atoms with van der Waals surface area (Å²) in [5.74, 6) is -0.322. The van der Waals surface area contributed by atoms with Crippen LogP contribution in [-0.2, 0) is 10.0 Å². The van der Waals surface area contributed by atoms with Crippen LogP contribution in [0.5, 0.6) is 0 Å². The summed E-state index contributed by atoms with van der Waals surface area (Å²) in [7, 11) is -3.90. The third kappa shape index (κ3) is 2.65. The lowest BCUT2D eigenvalue weighted by Gasteiger charge is -2.26. The Balaban J connectivity index is 2.17. The van der Waals surface area contributed by atoms with Crippen LogP contribution in [0.15, 0.2) is 21.6 Å². The van der Waals surface area contributed by atoms with Gasteiger partial charge in [-0.15, -0.1) is 0 Å². The minimum Gasteiger partial charge on any atom is -0.438 e. The van der Waals surface area contributed by atoms with Crippen LogP contribution in [0.4, 0.5) is 0 Å². The number of nitrogens with two attached hydrogens (primary N) is 1. The van der Waals surface area contributed by atoms with Crippen LogP contribution < -0.4 is 10.5 Å². The van der Waals surface area contributed by atoms with Gasteiger partial charge in [0.05, 0.1) is 0 Å². The van der Waals surface area contributed by atoms with E-state index < -0.39 is 15.1 Å². The maximum Gasteiger partial charge on any atom is 0.289 e. The third-order valence-electron chi connectivity index (χ3n) is 2.48. The molecule has 0 aliphatic carbocycles. The Morgan fingerprint density at radius 3 is 2.53 bits per heavy atom. The van der Waals surface area contributed by atoms with Crippen molar-refractivity contribution in [3.8, 4) is 0 Å². The van der Waals surface area contributed by atoms with Gasteiger partial charge in [0, 0.05) is 26.2 Å². The van der Waals surface area contributed by atoms with Crippen LogP contribution in [0.3, 0.4) is 0 Å². The van der Waals surface area contributed by atoms with E-state index in [0.29, 0.717) is 26.2 Å². The molecule has 1 aliphatic heterocycles. The lowest BCUT2D eigenvalue weighted by Crippen LogP contribution is -2.46. The van der Waals surface area contributed by atoms with E-state index in [-0.39, 0.29) is 11.7 Å². The van der Waals surface area contributed by atoms with Crippen molar-refractivity contribution in [1.82, 2.24) is 10.2 Å². The van der Waals surface area contributed by atoms with Gasteiger partial charge in [-0.3, -0.25) is 4.79 Å². The van der Waals surface area contributed by atoms with Crippen LogP contribution in [0.25, 0.3) is 0 Å². The van der Waals surface area contributed by atoms with Gasteiger partial charge in [-0.1, -0.05) is 0 Å². The molecule has 1 aliphatic rings. The molecule has 7 nitrogen and oxygen atoms in total. The van der Waals surface area contributed by atoms with Gasteiger partial charge in [0.25, 0.3) is 15.9 Å². The summed E-state index contributed by atoms with van der Waals surface area (Å²) in [6.45, 7) is 2.58. The second-order valence-electron chi connectivity index (χ2n) is 3.71. The monoisotopic (exact) mass is 259 g/mol. The minimum atomic E-state index is -3.90. The van der Waals surface area contributed by atoms with Gasteiger partial charge < -0.3 is 14.6 Å². The quantitative estimate of drug-likeness (QED) is 0.706. The fraction of sp³-hybridized carbons (Fsp3) is 0.444. The average Bonchev–Trinajstić information content (AvgIpc) is 2.78. The molecule has 0 aromatic carbocycles. The number of piperazine rings is 1. The van der Waals surface area contributed by atoms with Crippen molar-refractivity contribution < 1.29 is 17.6 Å². The molecule has 94 valence electrons. The Hall–Kier alpha value is -1.38. The number of furan rings is 1. The van der Waals surface area contributed by atoms with Gasteiger partial charge in [0.15, 0.2) is 5.76 Å². The van der Waals surface area contributed by atoms with Crippen molar-refractivity contribution in [1.29, 1.82) is 0 Å². The van der Waals surface area contributed by atoms with Gasteiger partial charge in [0.2, 0.25) is 5.09 Å². The van der Waals surface area contributed by atoms with E-state index in [4.69, 9.17) is 9.56 Å². The molecule has 0 bridgehead atoms. The van der Waals surface area contributed by atoms with Gasteiger partial charge in [0.1, 0.15) is 0 Å². The number of hydrogen-bond acceptors (Lipinski definition) is 5. The molecule has 1 amide bonds. The molecule has 1 saturated heterocycles. The van der Waals surface area contributed by atoms with Gasteiger partial charge in [-0.25, -0.2) is 13.6 Å². The zero-order chi connectivity index (χ0) is 12.5. The lowest BCUT2D eigenvalue weighted by atomic mass is 10.3. The first-order chi connectivity index (χ1) is 7.98. The maximum absolute atomic E-state index is 11.9. The minimum absolute atomic E-state index is 0.00377. The summed E-state index contributed by atoms with van der Waals surface area (Å²) in [6, 6.07) is 2.51. The summed E-state index contributed by atoms with van der Waals surface area (Å²) in [4.78, 5) is 13.5. The number of nitrogens with one attached hydrogen (secondary N) is 1. The van der Waals surface area contributed by atoms with Crippen LogP contribution in [0.2, 0.25) is 0 Å². The topological polar surface area (TPSA) is 106 Å². The second kappa shape index (κ2) is 4.47. The van der Waals surface area contributed by atoms with E-state index in [1.54, 1.807) is 4.90 Å². The summed E-state index contributed by atoms with van der Waals surface area (Å²) in [5, 5.41) is 7.61. The highest BCUT2D eigenvalue weighted by Crippen LogP contribution is 2.14. The molecule has 8 heteroatoms. The number of rotatable bonds is 2. The highest BCUT2D eigenvalue weighted by Gasteiger charge is 2.23. The standard InChI is InChI=1S/C9H13N3O4S/c10-17(14,15)8-2-1-7(16-8)9(13)12-5-3-11-4-6-12/h1-2,11H,3-6H2,(H2,10,14,15). The van der Waals surface area contributed by atoms with Crippen molar-refractivity contribution in [2.45, 2.75) is 5.09 Å². The maximum atomic E-state index is 11.9. The molecule has 0 unspecified atom stereocenters. The molecule has 1 aromatic rings. The molecular formula is C9H13N3O4S. The van der Waals surface area contributed by atoms with Crippen LogP contribution >= 0.6 is 0 Å². The average molecular weight is 259 g/mol. The van der Waals surface area contributed by atoms with Crippen molar-refractivity contribution in [3.63, 3.8) is 0 Å². The molecule has 17 heavy (non-hydrogen) atoms. The predicted octanol–water partition coefficient (Wildman–Crippen LogP) is -1.03. The largest absolute Gasteiger partial charge is 0.438 e. The summed E-state index contributed by atoms with van der Waals surface area (Å²) < 4.78 is 26.9. The SMILES string of the molecule is NS(=O)(=O)c1ccc(C(=O)N2CCNCC2)o1. The number of sulfonamides is 1. The van der Waals surface area contributed by atoms with Gasteiger partial charge >= 0.3 is 0 Å². The zero-order valence-corrected chi connectivity index (χ0v) is 9.87. The molecule has 0 saturated carbocycles.